The first-order valence-electron chi connectivity index (χ1n) is 12.0. The summed E-state index contributed by atoms with van der Waals surface area (Å²) in [6.45, 7) is 19.0. The summed E-state index contributed by atoms with van der Waals surface area (Å²) in [4.78, 5) is 0. The van der Waals surface area contributed by atoms with E-state index in [2.05, 4.69) is 72.8 Å². The fraction of sp³-hybridized carbons (Fsp3) is 0.769. The van der Waals surface area contributed by atoms with Crippen molar-refractivity contribution in [3.8, 4) is 0 Å². The van der Waals surface area contributed by atoms with E-state index < -0.39 is 14.4 Å². The Morgan fingerprint density at radius 2 is 1.59 bits per heavy atom. The molecule has 0 aromatic heterocycles. The van der Waals surface area contributed by atoms with Gasteiger partial charge in [-0.2, -0.15) is 0 Å². The van der Waals surface area contributed by atoms with E-state index in [1.807, 2.05) is 13.0 Å². The van der Waals surface area contributed by atoms with Crippen LogP contribution < -0.4 is 0 Å². The van der Waals surface area contributed by atoms with Crippen LogP contribution in [0.4, 0.5) is 0 Å². The van der Waals surface area contributed by atoms with E-state index in [4.69, 9.17) is 25.5 Å². The molecule has 0 aliphatic heterocycles. The second-order valence-corrected chi connectivity index (χ2v) is 15.5. The van der Waals surface area contributed by atoms with E-state index in [0.29, 0.717) is 23.2 Å². The average Bonchev–Trinajstić information content (AvgIpc) is 2.72. The van der Waals surface area contributed by atoms with Gasteiger partial charge in [0.05, 0.1) is 24.7 Å². The standard InChI is InChI=1S/C26H49ClO4Si/c1-20(2)32(21(3)4,22(5)6)31-16-12-10-11-13-24(8)26(30-19-29-9)15-14-23(7)17-25(28)18-27/h10-13,17,20-22,24-26,28H,14-16,18-19H2,1-9H3/b12-10-,13-11+,23-17-/t24-,25?,26-/m1/s1. The molecule has 0 heterocycles. The summed E-state index contributed by atoms with van der Waals surface area (Å²) in [6, 6.07) is 0. The molecular weight excluding hydrogens is 440 g/mol. The lowest BCUT2D eigenvalue weighted by molar-refractivity contribution is -0.0851. The van der Waals surface area contributed by atoms with Gasteiger partial charge in [0, 0.05) is 13.0 Å². The maximum atomic E-state index is 9.69. The number of rotatable bonds is 17. The van der Waals surface area contributed by atoms with Crippen LogP contribution >= 0.6 is 11.6 Å². The third kappa shape index (κ3) is 11.1. The molecule has 0 fully saturated rings. The molecule has 0 aliphatic rings. The Labute approximate surface area is 204 Å². The number of hydrogen-bond acceptors (Lipinski definition) is 4. The zero-order valence-corrected chi connectivity index (χ0v) is 23.7. The summed E-state index contributed by atoms with van der Waals surface area (Å²) in [5.74, 6) is 0.447. The monoisotopic (exact) mass is 488 g/mol. The number of aliphatic hydroxyl groups is 1. The molecule has 0 aromatic carbocycles. The fourth-order valence-corrected chi connectivity index (χ4v) is 10.1. The normalized spacial score (nSPS) is 16.8. The minimum atomic E-state index is -1.82. The van der Waals surface area contributed by atoms with Gasteiger partial charge in [-0.1, -0.05) is 84.4 Å². The first kappa shape index (κ1) is 31.6. The molecule has 0 aromatic rings. The van der Waals surface area contributed by atoms with Gasteiger partial charge in [-0.25, -0.2) is 0 Å². The van der Waals surface area contributed by atoms with Gasteiger partial charge in [0.25, 0.3) is 0 Å². The highest BCUT2D eigenvalue weighted by Crippen LogP contribution is 2.42. The summed E-state index contributed by atoms with van der Waals surface area (Å²) >= 11 is 5.68. The van der Waals surface area contributed by atoms with E-state index in [1.165, 1.54) is 0 Å². The van der Waals surface area contributed by atoms with Crippen molar-refractivity contribution in [2.24, 2.45) is 5.92 Å². The van der Waals surface area contributed by atoms with Crippen molar-refractivity contribution < 1.29 is 19.0 Å². The quantitative estimate of drug-likeness (QED) is 0.0770. The molecule has 0 aliphatic carbocycles. The van der Waals surface area contributed by atoms with Gasteiger partial charge in [0.2, 0.25) is 8.32 Å². The van der Waals surface area contributed by atoms with Crippen molar-refractivity contribution >= 4 is 19.9 Å². The fourth-order valence-electron chi connectivity index (χ4n) is 4.67. The SMILES string of the molecule is COCO[C@H](CC/C(C)=C\C(O)CCl)[C@H](C)/C=C/C=C\CO[Si](C(C)C)(C(C)C)C(C)C. The highest BCUT2D eigenvalue weighted by molar-refractivity contribution is 6.77. The Kier molecular flexibility index (Phi) is 16.8. The van der Waals surface area contributed by atoms with Crippen LogP contribution in [0.3, 0.4) is 0 Å². The summed E-state index contributed by atoms with van der Waals surface area (Å²) in [5, 5.41) is 9.69. The average molecular weight is 489 g/mol. The van der Waals surface area contributed by atoms with Gasteiger partial charge in [-0.3, -0.25) is 0 Å². The molecule has 1 unspecified atom stereocenters. The first-order valence-corrected chi connectivity index (χ1v) is 14.7. The summed E-state index contributed by atoms with van der Waals surface area (Å²) in [6.07, 6.45) is 11.4. The third-order valence-electron chi connectivity index (χ3n) is 6.24. The lowest BCUT2D eigenvalue weighted by Crippen LogP contribution is -2.47. The molecule has 4 nitrogen and oxygen atoms in total. The zero-order valence-electron chi connectivity index (χ0n) is 21.9. The molecule has 3 atom stereocenters. The van der Waals surface area contributed by atoms with Crippen LogP contribution in [0.5, 0.6) is 0 Å². The third-order valence-corrected chi connectivity index (χ3v) is 12.6. The van der Waals surface area contributed by atoms with Crippen molar-refractivity contribution in [1.29, 1.82) is 0 Å². The largest absolute Gasteiger partial charge is 0.412 e. The number of aliphatic hydroxyl groups excluding tert-OH is 1. The van der Waals surface area contributed by atoms with Gasteiger partial charge in [-0.05, 0) is 36.4 Å². The Balaban J connectivity index is 4.90. The second kappa shape index (κ2) is 17.1. The van der Waals surface area contributed by atoms with E-state index in [-0.39, 0.29) is 24.7 Å². The summed E-state index contributed by atoms with van der Waals surface area (Å²) in [7, 11) is -0.183. The molecular formula is C26H49ClO4Si. The molecule has 0 amide bonds. The molecule has 6 heteroatoms. The molecule has 0 bridgehead atoms. The van der Waals surface area contributed by atoms with Gasteiger partial charge >= 0.3 is 0 Å². The van der Waals surface area contributed by atoms with Crippen molar-refractivity contribution in [3.63, 3.8) is 0 Å². The molecule has 1 N–H and O–H groups in total. The van der Waals surface area contributed by atoms with Crippen LogP contribution in [-0.4, -0.2) is 52.0 Å². The van der Waals surface area contributed by atoms with Crippen molar-refractivity contribution in [2.45, 2.75) is 97.1 Å². The van der Waals surface area contributed by atoms with E-state index in [9.17, 15) is 5.11 Å². The minimum absolute atomic E-state index is 0.0372. The van der Waals surface area contributed by atoms with Crippen molar-refractivity contribution in [3.05, 3.63) is 36.0 Å². The molecule has 0 spiro atoms. The zero-order chi connectivity index (χ0) is 24.7. The smallest absolute Gasteiger partial charge is 0.200 e. The number of allylic oxidation sites excluding steroid dienone is 3. The molecule has 0 rings (SSSR count). The number of alkyl halides is 1. The van der Waals surface area contributed by atoms with Crippen molar-refractivity contribution in [2.75, 3.05) is 26.4 Å². The van der Waals surface area contributed by atoms with Crippen LogP contribution in [-0.2, 0) is 13.9 Å². The second-order valence-electron chi connectivity index (χ2n) is 9.69. The van der Waals surface area contributed by atoms with Crippen LogP contribution in [0.25, 0.3) is 0 Å². The number of halogens is 1. The molecule has 188 valence electrons. The van der Waals surface area contributed by atoms with Crippen LogP contribution in [0.15, 0.2) is 36.0 Å². The minimum Gasteiger partial charge on any atom is -0.412 e. The van der Waals surface area contributed by atoms with Crippen LogP contribution in [0.2, 0.25) is 16.6 Å². The lowest BCUT2D eigenvalue weighted by Gasteiger charge is -2.41. The maximum absolute atomic E-state index is 9.69. The molecule has 32 heavy (non-hydrogen) atoms. The Morgan fingerprint density at radius 1 is 1.00 bits per heavy atom. The summed E-state index contributed by atoms with van der Waals surface area (Å²) < 4.78 is 17.6. The Morgan fingerprint density at radius 3 is 2.09 bits per heavy atom. The Hall–Kier alpha value is -0.433. The van der Waals surface area contributed by atoms with Gasteiger partial charge in [0.1, 0.15) is 6.79 Å². The van der Waals surface area contributed by atoms with Crippen LogP contribution in [0, 0.1) is 5.92 Å². The van der Waals surface area contributed by atoms with Gasteiger partial charge in [0.15, 0.2) is 0 Å². The van der Waals surface area contributed by atoms with Crippen molar-refractivity contribution in [1.82, 2.24) is 0 Å². The predicted octanol–water partition coefficient (Wildman–Crippen LogP) is 7.24. The molecule has 0 saturated carbocycles. The Bertz CT molecular complexity index is 550. The number of hydrogen-bond donors (Lipinski definition) is 1. The lowest BCUT2D eigenvalue weighted by atomic mass is 9.97. The van der Waals surface area contributed by atoms with Gasteiger partial charge in [-0.15, -0.1) is 11.6 Å². The van der Waals surface area contributed by atoms with Crippen LogP contribution in [0.1, 0.15) is 68.2 Å². The highest BCUT2D eigenvalue weighted by atomic mass is 35.5. The van der Waals surface area contributed by atoms with E-state index in [0.717, 1.165) is 18.4 Å². The highest BCUT2D eigenvalue weighted by Gasteiger charge is 2.44. The predicted molar refractivity (Wildman–Crippen MR) is 141 cm³/mol. The number of methoxy groups -OCH3 is 1. The van der Waals surface area contributed by atoms with E-state index >= 15 is 0 Å². The number of ether oxygens (including phenoxy) is 2. The molecule has 0 saturated heterocycles. The van der Waals surface area contributed by atoms with E-state index in [1.54, 1.807) is 7.11 Å². The topological polar surface area (TPSA) is 47.9 Å². The van der Waals surface area contributed by atoms with Gasteiger partial charge < -0.3 is 19.0 Å². The summed E-state index contributed by atoms with van der Waals surface area (Å²) in [5.41, 5.74) is 2.89. The maximum Gasteiger partial charge on any atom is 0.200 e. The first-order chi connectivity index (χ1) is 15.0. The molecule has 0 radical (unpaired) electrons.